The third-order valence-electron chi connectivity index (χ3n) is 2.05. The Balaban J connectivity index is 3.41. The number of hydrogen-bond acceptors (Lipinski definition) is 1. The van der Waals surface area contributed by atoms with Crippen molar-refractivity contribution in [1.29, 1.82) is 0 Å². The monoisotopic (exact) mass is 278 g/mol. The third-order valence-corrected chi connectivity index (χ3v) is 2.30. The number of benzene rings is 1. The van der Waals surface area contributed by atoms with Crippen molar-refractivity contribution in [2.45, 2.75) is 18.0 Å². The summed E-state index contributed by atoms with van der Waals surface area (Å²) in [5.74, 6) is 0. The van der Waals surface area contributed by atoms with E-state index in [1.807, 2.05) is 0 Å². The fourth-order valence-electron chi connectivity index (χ4n) is 1.19. The molecule has 1 aromatic rings. The molecule has 1 rings (SSSR count). The van der Waals surface area contributed by atoms with Crippen LogP contribution in [0.4, 0.5) is 26.3 Å². The van der Waals surface area contributed by atoms with Crippen LogP contribution in [0.1, 0.15) is 5.56 Å². The maximum atomic E-state index is 13.5. The van der Waals surface area contributed by atoms with Gasteiger partial charge in [-0.05, 0) is 12.1 Å². The molecule has 0 unspecified atom stereocenters. The van der Waals surface area contributed by atoms with Crippen LogP contribution in [-0.2, 0) is 5.67 Å². The summed E-state index contributed by atoms with van der Waals surface area (Å²) in [5, 5.41) is 8.08. The second-order valence-electron chi connectivity index (χ2n) is 3.20. The van der Waals surface area contributed by atoms with E-state index in [9.17, 15) is 26.3 Å². The highest BCUT2D eigenvalue weighted by Crippen LogP contribution is 2.51. The van der Waals surface area contributed by atoms with E-state index in [0.29, 0.717) is 12.1 Å². The average Bonchev–Trinajstić information content (AvgIpc) is 2.14. The molecule has 0 aliphatic rings. The van der Waals surface area contributed by atoms with Crippen molar-refractivity contribution >= 4 is 11.6 Å². The van der Waals surface area contributed by atoms with E-state index >= 15 is 0 Å². The molecule has 8 heteroatoms. The Kier molecular flexibility index (Phi) is 3.37. The van der Waals surface area contributed by atoms with Crippen molar-refractivity contribution in [2.24, 2.45) is 0 Å². The Bertz CT molecular complexity index is 379. The molecule has 0 aliphatic heterocycles. The summed E-state index contributed by atoms with van der Waals surface area (Å²) in [6.07, 6.45) is -11.6. The molecule has 96 valence electrons. The normalized spacial score (nSPS) is 16.7. The van der Waals surface area contributed by atoms with Crippen molar-refractivity contribution in [3.05, 3.63) is 34.9 Å². The molecule has 0 fully saturated rings. The molecule has 0 amide bonds. The Hall–Kier alpha value is -0.950. The quantitative estimate of drug-likeness (QED) is 0.819. The lowest BCUT2D eigenvalue weighted by atomic mass is 9.94. The lowest BCUT2D eigenvalue weighted by Gasteiger charge is -2.31. The van der Waals surface area contributed by atoms with E-state index in [1.54, 1.807) is 0 Å². The van der Waals surface area contributed by atoms with Gasteiger partial charge in [0, 0.05) is 10.6 Å². The minimum Gasteiger partial charge on any atom is -0.333 e. The first-order valence-corrected chi connectivity index (χ1v) is 4.50. The highest BCUT2D eigenvalue weighted by atomic mass is 35.5. The maximum absolute atomic E-state index is 13.5. The summed E-state index contributed by atoms with van der Waals surface area (Å²) in [7, 11) is 0. The van der Waals surface area contributed by atoms with Gasteiger partial charge >= 0.3 is 18.0 Å². The molecule has 0 heterocycles. The predicted molar refractivity (Wildman–Crippen MR) is 47.5 cm³/mol. The molecule has 0 saturated heterocycles. The van der Waals surface area contributed by atoms with E-state index in [1.165, 1.54) is 0 Å². The standard InChI is InChI=1S/C9H5ClF6O/c10-6-3-1-5(2-4-6)7(11,8(12,13)14)9(15,16)17/h1-4,17H/t7-/m1/s1. The summed E-state index contributed by atoms with van der Waals surface area (Å²) in [6.45, 7) is 0. The summed E-state index contributed by atoms with van der Waals surface area (Å²) in [4.78, 5) is 0. The van der Waals surface area contributed by atoms with Gasteiger partial charge in [0.2, 0.25) is 0 Å². The van der Waals surface area contributed by atoms with Crippen molar-refractivity contribution in [2.75, 3.05) is 0 Å². The molecule has 17 heavy (non-hydrogen) atoms. The van der Waals surface area contributed by atoms with Gasteiger partial charge in [-0.2, -0.15) is 22.0 Å². The second-order valence-corrected chi connectivity index (χ2v) is 3.64. The van der Waals surface area contributed by atoms with Gasteiger partial charge in [-0.25, -0.2) is 4.39 Å². The fraction of sp³-hybridized carbons (Fsp3) is 0.333. The molecule has 0 saturated carbocycles. The van der Waals surface area contributed by atoms with Gasteiger partial charge < -0.3 is 5.11 Å². The average molecular weight is 279 g/mol. The van der Waals surface area contributed by atoms with Crippen LogP contribution in [-0.4, -0.2) is 17.4 Å². The summed E-state index contributed by atoms with van der Waals surface area (Å²) >= 11 is 5.34. The third kappa shape index (κ3) is 2.35. The molecule has 1 atom stereocenters. The van der Waals surface area contributed by atoms with Crippen LogP contribution in [0.2, 0.25) is 5.02 Å². The van der Waals surface area contributed by atoms with Crippen LogP contribution in [0, 0.1) is 0 Å². The number of rotatable bonds is 2. The molecule has 0 spiro atoms. The van der Waals surface area contributed by atoms with Crippen LogP contribution in [0.15, 0.2) is 24.3 Å². The maximum Gasteiger partial charge on any atom is 0.435 e. The van der Waals surface area contributed by atoms with Crippen LogP contribution in [0.3, 0.4) is 0 Å². The Morgan fingerprint density at radius 3 is 1.59 bits per heavy atom. The molecule has 1 N–H and O–H groups in total. The second kappa shape index (κ2) is 4.06. The van der Waals surface area contributed by atoms with E-state index < -0.39 is 23.5 Å². The first kappa shape index (κ1) is 14.1. The van der Waals surface area contributed by atoms with E-state index in [-0.39, 0.29) is 5.02 Å². The zero-order valence-corrected chi connectivity index (χ0v) is 8.66. The van der Waals surface area contributed by atoms with Crippen molar-refractivity contribution in [1.82, 2.24) is 0 Å². The first-order valence-electron chi connectivity index (χ1n) is 4.12. The fourth-order valence-corrected chi connectivity index (χ4v) is 1.31. The molecule has 0 radical (unpaired) electrons. The van der Waals surface area contributed by atoms with E-state index in [0.717, 1.165) is 12.1 Å². The molecular weight excluding hydrogens is 274 g/mol. The van der Waals surface area contributed by atoms with Crippen LogP contribution < -0.4 is 0 Å². The Labute approximate surface area is 96.6 Å². The minimum absolute atomic E-state index is 0.0560. The van der Waals surface area contributed by atoms with Gasteiger partial charge in [0.1, 0.15) is 0 Å². The molecular formula is C9H5ClF6O. The largest absolute Gasteiger partial charge is 0.435 e. The molecule has 1 nitrogen and oxygen atoms in total. The topological polar surface area (TPSA) is 20.2 Å². The lowest BCUT2D eigenvalue weighted by molar-refractivity contribution is -0.375. The highest BCUT2D eigenvalue weighted by Gasteiger charge is 2.72. The predicted octanol–water partition coefficient (Wildman–Crippen LogP) is 3.65. The summed E-state index contributed by atoms with van der Waals surface area (Å²) in [6, 6.07) is 2.48. The van der Waals surface area contributed by atoms with Crippen LogP contribution >= 0.6 is 11.6 Å². The van der Waals surface area contributed by atoms with Crippen molar-refractivity contribution in [3.63, 3.8) is 0 Å². The van der Waals surface area contributed by atoms with Gasteiger partial charge in [0.25, 0.3) is 0 Å². The Morgan fingerprint density at radius 1 is 0.882 bits per heavy atom. The summed E-state index contributed by atoms with van der Waals surface area (Å²) < 4.78 is 75.5. The van der Waals surface area contributed by atoms with Crippen LogP contribution in [0.5, 0.6) is 0 Å². The number of alkyl halides is 6. The van der Waals surface area contributed by atoms with Crippen molar-refractivity contribution < 1.29 is 31.4 Å². The van der Waals surface area contributed by atoms with E-state index in [4.69, 9.17) is 16.7 Å². The number of hydrogen-bond donors (Lipinski definition) is 1. The van der Waals surface area contributed by atoms with Gasteiger partial charge in [-0.1, -0.05) is 23.7 Å². The number of halogens is 7. The zero-order valence-electron chi connectivity index (χ0n) is 7.90. The van der Waals surface area contributed by atoms with Crippen molar-refractivity contribution in [3.8, 4) is 0 Å². The lowest BCUT2D eigenvalue weighted by Crippen LogP contribution is -2.52. The molecule has 0 aliphatic carbocycles. The molecule has 0 bridgehead atoms. The van der Waals surface area contributed by atoms with Crippen LogP contribution in [0.25, 0.3) is 0 Å². The van der Waals surface area contributed by atoms with Gasteiger partial charge in [0.05, 0.1) is 0 Å². The first-order chi connectivity index (χ1) is 7.50. The zero-order chi connectivity index (χ0) is 13.5. The van der Waals surface area contributed by atoms with Gasteiger partial charge in [0.15, 0.2) is 0 Å². The minimum atomic E-state index is -5.97. The Morgan fingerprint density at radius 2 is 1.29 bits per heavy atom. The highest BCUT2D eigenvalue weighted by molar-refractivity contribution is 6.30. The molecule has 1 aromatic carbocycles. The van der Waals surface area contributed by atoms with Gasteiger partial charge in [-0.3, -0.25) is 0 Å². The summed E-state index contributed by atoms with van der Waals surface area (Å²) in [5.41, 5.74) is -6.60. The SMILES string of the molecule is OC(F)(F)[C@@](F)(c1ccc(Cl)cc1)C(F)(F)F. The van der Waals surface area contributed by atoms with Gasteiger partial charge in [-0.15, -0.1) is 0 Å². The number of aliphatic hydroxyl groups is 1. The van der Waals surface area contributed by atoms with E-state index in [2.05, 4.69) is 0 Å². The smallest absolute Gasteiger partial charge is 0.333 e. The molecule has 0 aromatic heterocycles.